The predicted octanol–water partition coefficient (Wildman–Crippen LogP) is 2.97. The number of carbonyl (C=O) groups excluding carboxylic acids is 2. The molecular formula is C24H26F2N4O3. The molecule has 0 radical (unpaired) electrons. The third-order valence-electron chi connectivity index (χ3n) is 5.30. The molecule has 0 aromatic heterocycles. The monoisotopic (exact) mass is 456 g/mol. The van der Waals surface area contributed by atoms with Crippen molar-refractivity contribution >= 4 is 17.6 Å². The lowest BCUT2D eigenvalue weighted by atomic mass is 9.91. The van der Waals surface area contributed by atoms with E-state index in [1.165, 1.54) is 30.5 Å². The van der Waals surface area contributed by atoms with E-state index in [0.717, 1.165) is 12.3 Å². The summed E-state index contributed by atoms with van der Waals surface area (Å²) in [5, 5.41) is 14.5. The molecule has 9 heteroatoms. The van der Waals surface area contributed by atoms with Crippen LogP contribution in [0.5, 0.6) is 0 Å². The van der Waals surface area contributed by atoms with Crippen LogP contribution in [0.25, 0.3) is 0 Å². The van der Waals surface area contributed by atoms with Crippen molar-refractivity contribution in [3.05, 3.63) is 83.1 Å². The van der Waals surface area contributed by atoms with Crippen LogP contribution in [0.3, 0.4) is 0 Å². The first kappa shape index (κ1) is 24.1. The Labute approximate surface area is 190 Å². The molecule has 33 heavy (non-hydrogen) atoms. The van der Waals surface area contributed by atoms with Crippen LogP contribution >= 0.6 is 0 Å². The van der Waals surface area contributed by atoms with E-state index in [0.29, 0.717) is 42.5 Å². The molecule has 0 fully saturated rings. The van der Waals surface area contributed by atoms with Crippen molar-refractivity contribution in [2.75, 3.05) is 13.1 Å². The minimum atomic E-state index is -0.595. The molecule has 1 atom stereocenters. The molecule has 3 rings (SSSR count). The smallest absolute Gasteiger partial charge is 0.273 e. The number of amides is 2. The number of aliphatic imine (C=N–C) groups is 1. The highest BCUT2D eigenvalue weighted by Crippen LogP contribution is 2.22. The fourth-order valence-corrected chi connectivity index (χ4v) is 3.51. The van der Waals surface area contributed by atoms with Gasteiger partial charge >= 0.3 is 0 Å². The number of halogens is 2. The van der Waals surface area contributed by atoms with E-state index in [1.54, 1.807) is 29.7 Å². The molecule has 7 nitrogen and oxygen atoms in total. The van der Waals surface area contributed by atoms with Gasteiger partial charge in [-0.25, -0.2) is 14.3 Å². The molecule has 0 saturated heterocycles. The molecule has 2 aromatic rings. The third-order valence-corrected chi connectivity index (χ3v) is 5.30. The van der Waals surface area contributed by atoms with Crippen molar-refractivity contribution in [1.82, 2.24) is 16.1 Å². The second-order valence-electron chi connectivity index (χ2n) is 7.70. The van der Waals surface area contributed by atoms with Gasteiger partial charge in [-0.15, -0.1) is 0 Å². The molecule has 4 N–H and O–H groups in total. The van der Waals surface area contributed by atoms with Gasteiger partial charge in [-0.2, -0.15) is 0 Å². The predicted molar refractivity (Wildman–Crippen MR) is 120 cm³/mol. The van der Waals surface area contributed by atoms with Crippen molar-refractivity contribution in [2.24, 2.45) is 4.99 Å². The summed E-state index contributed by atoms with van der Waals surface area (Å²) in [6.07, 6.45) is 3.91. The van der Waals surface area contributed by atoms with Gasteiger partial charge in [0.1, 0.15) is 17.5 Å². The van der Waals surface area contributed by atoms with Gasteiger partial charge in [0.2, 0.25) is 5.91 Å². The van der Waals surface area contributed by atoms with Crippen LogP contribution in [-0.2, 0) is 16.0 Å². The van der Waals surface area contributed by atoms with Crippen LogP contribution in [-0.4, -0.2) is 35.9 Å². The molecular weight excluding hydrogens is 430 g/mol. The zero-order valence-corrected chi connectivity index (χ0v) is 18.0. The van der Waals surface area contributed by atoms with Crippen LogP contribution in [0.1, 0.15) is 36.3 Å². The number of amidine groups is 1. The molecule has 2 amide bonds. The maximum Gasteiger partial charge on any atom is 0.273 e. The molecule has 1 aliphatic rings. The first-order valence-electron chi connectivity index (χ1n) is 10.7. The van der Waals surface area contributed by atoms with E-state index in [9.17, 15) is 18.4 Å². The van der Waals surface area contributed by atoms with Gasteiger partial charge < -0.3 is 10.6 Å². The minimum absolute atomic E-state index is 0.185. The van der Waals surface area contributed by atoms with E-state index >= 15 is 0 Å². The van der Waals surface area contributed by atoms with E-state index in [2.05, 4.69) is 15.6 Å². The highest BCUT2D eigenvalue weighted by atomic mass is 19.1. The van der Waals surface area contributed by atoms with Crippen LogP contribution in [0.4, 0.5) is 8.78 Å². The second-order valence-corrected chi connectivity index (χ2v) is 7.70. The Kier molecular flexibility index (Phi) is 8.65. The fourth-order valence-electron chi connectivity index (χ4n) is 3.51. The lowest BCUT2D eigenvalue weighted by Crippen LogP contribution is -2.32. The lowest BCUT2D eigenvalue weighted by molar-refractivity contribution is -0.125. The SMILES string of the molecule is O=C(NO)C1=CNC(CCCCNC(=O)C(Cc2cccc(F)c2)c2ccc(F)cc2)=NC1. The number of carbonyl (C=O) groups is 2. The highest BCUT2D eigenvalue weighted by molar-refractivity contribution is 5.96. The molecule has 0 spiro atoms. The number of hydrogen-bond donors (Lipinski definition) is 4. The van der Waals surface area contributed by atoms with Crippen molar-refractivity contribution < 1.29 is 23.6 Å². The van der Waals surface area contributed by atoms with Crippen LogP contribution < -0.4 is 16.1 Å². The van der Waals surface area contributed by atoms with E-state index in [4.69, 9.17) is 5.21 Å². The Morgan fingerprint density at radius 2 is 1.88 bits per heavy atom. The normalized spacial score (nSPS) is 13.9. The van der Waals surface area contributed by atoms with Crippen LogP contribution in [0.2, 0.25) is 0 Å². The van der Waals surface area contributed by atoms with Gasteiger partial charge in [-0.3, -0.25) is 19.8 Å². The fraction of sp³-hybridized carbons (Fsp3) is 0.292. The summed E-state index contributed by atoms with van der Waals surface area (Å²) in [4.78, 5) is 28.5. The Morgan fingerprint density at radius 1 is 1.09 bits per heavy atom. The van der Waals surface area contributed by atoms with Gasteiger partial charge in [-0.1, -0.05) is 24.3 Å². The maximum absolute atomic E-state index is 13.6. The highest BCUT2D eigenvalue weighted by Gasteiger charge is 2.21. The third kappa shape index (κ3) is 7.21. The van der Waals surface area contributed by atoms with E-state index in [-0.39, 0.29) is 24.1 Å². The average Bonchev–Trinajstić information content (AvgIpc) is 2.83. The first-order chi connectivity index (χ1) is 16.0. The number of unbranched alkanes of at least 4 members (excludes halogenated alkanes) is 1. The Bertz CT molecular complexity index is 1040. The van der Waals surface area contributed by atoms with Gasteiger partial charge in [-0.05, 0) is 54.7 Å². The quantitative estimate of drug-likeness (QED) is 0.251. The summed E-state index contributed by atoms with van der Waals surface area (Å²) in [5.74, 6) is -1.40. The van der Waals surface area contributed by atoms with Crippen molar-refractivity contribution in [3.63, 3.8) is 0 Å². The maximum atomic E-state index is 13.6. The van der Waals surface area contributed by atoms with Crippen molar-refractivity contribution in [2.45, 2.75) is 31.6 Å². The number of nitrogens with one attached hydrogen (secondary N) is 3. The Balaban J connectivity index is 1.50. The van der Waals surface area contributed by atoms with E-state index < -0.39 is 11.8 Å². The van der Waals surface area contributed by atoms with Crippen molar-refractivity contribution in [3.8, 4) is 0 Å². The number of rotatable bonds is 10. The molecule has 0 aliphatic carbocycles. The summed E-state index contributed by atoms with van der Waals surface area (Å²) in [6.45, 7) is 0.631. The first-order valence-corrected chi connectivity index (χ1v) is 10.7. The number of hydroxylamine groups is 1. The molecule has 0 saturated carbocycles. The average molecular weight is 456 g/mol. The topological polar surface area (TPSA) is 103 Å². The minimum Gasteiger partial charge on any atom is -0.356 e. The zero-order valence-electron chi connectivity index (χ0n) is 18.0. The summed E-state index contributed by atoms with van der Waals surface area (Å²) in [6, 6.07) is 11.9. The summed E-state index contributed by atoms with van der Waals surface area (Å²) in [5.41, 5.74) is 3.24. The Hall–Kier alpha value is -3.59. The van der Waals surface area contributed by atoms with Gasteiger partial charge in [0.05, 0.1) is 18.0 Å². The van der Waals surface area contributed by atoms with Gasteiger partial charge in [0.25, 0.3) is 5.91 Å². The molecule has 1 unspecified atom stereocenters. The van der Waals surface area contributed by atoms with Crippen molar-refractivity contribution in [1.29, 1.82) is 0 Å². The summed E-state index contributed by atoms with van der Waals surface area (Å²) >= 11 is 0. The van der Waals surface area contributed by atoms with Crippen LogP contribution in [0.15, 0.2) is 65.3 Å². The number of benzene rings is 2. The van der Waals surface area contributed by atoms with Gasteiger partial charge in [0, 0.05) is 19.2 Å². The standard InChI is InChI=1S/C24H26F2N4O3/c25-19-9-7-17(8-10-19)21(13-16-4-3-5-20(26)12-16)24(32)27-11-2-1-6-22-28-14-18(15-29-22)23(31)30-33/h3-5,7-10,12,14,21,33H,1-2,6,11,13,15H2,(H,27,32)(H,28,29)(H,30,31). The number of hydrogen-bond acceptors (Lipinski definition) is 5. The molecule has 0 bridgehead atoms. The summed E-state index contributed by atoms with van der Waals surface area (Å²) < 4.78 is 26.9. The second kappa shape index (κ2) is 11.9. The Morgan fingerprint density at radius 3 is 2.55 bits per heavy atom. The molecule has 1 aliphatic heterocycles. The molecule has 174 valence electrons. The number of nitrogens with zero attached hydrogens (tertiary/aromatic N) is 1. The largest absolute Gasteiger partial charge is 0.356 e. The zero-order chi connectivity index (χ0) is 23.6. The van der Waals surface area contributed by atoms with Crippen LogP contribution in [0, 0.1) is 11.6 Å². The van der Waals surface area contributed by atoms with E-state index in [1.807, 2.05) is 0 Å². The van der Waals surface area contributed by atoms with Gasteiger partial charge in [0.15, 0.2) is 0 Å². The molecule has 2 aromatic carbocycles. The molecule has 1 heterocycles. The summed E-state index contributed by atoms with van der Waals surface area (Å²) in [7, 11) is 0. The lowest BCUT2D eigenvalue weighted by Gasteiger charge is -2.18.